The molecule has 0 spiro atoms. The predicted molar refractivity (Wildman–Crippen MR) is 24.4 cm³/mol. The zero-order chi connectivity index (χ0) is 4.00. The van der Waals surface area contributed by atoms with Crippen LogP contribution in [-0.4, -0.2) is 0 Å². The minimum absolute atomic E-state index is 3.00. The Morgan fingerprint density at radius 3 is 1.25 bits per heavy atom. The van der Waals surface area contributed by atoms with Gasteiger partial charge in [0.25, 0.3) is 0 Å². The molecule has 0 aromatic carbocycles. The van der Waals surface area contributed by atoms with Crippen LogP contribution in [0.2, 0.25) is 0 Å². The molecular formula is C2H7NS. The van der Waals surface area contributed by atoms with Crippen molar-refractivity contribution >= 4 is 12.8 Å². The van der Waals surface area contributed by atoms with E-state index in [9.17, 15) is 0 Å². The lowest BCUT2D eigenvalue weighted by Gasteiger charge is -1.20. The van der Waals surface area contributed by atoms with Crippen LogP contribution in [0.4, 0.5) is 0 Å². The number of thiol groups is 1. The third-order valence-corrected chi connectivity index (χ3v) is 0. The van der Waals surface area contributed by atoms with E-state index in [4.69, 9.17) is 0 Å². The van der Waals surface area contributed by atoms with Gasteiger partial charge in [0.2, 0.25) is 0 Å². The van der Waals surface area contributed by atoms with Crippen molar-refractivity contribution in [3.63, 3.8) is 0 Å². The summed E-state index contributed by atoms with van der Waals surface area (Å²) in [6, 6.07) is 0. The molecule has 2 heteroatoms. The van der Waals surface area contributed by atoms with Gasteiger partial charge >= 0.3 is 0 Å². The fourth-order valence-corrected chi connectivity index (χ4v) is 0. The first-order valence-electron chi connectivity index (χ1n) is 0.758. The second-order valence-electron chi connectivity index (χ2n) is 0. The molecule has 0 unspecified atom stereocenters. The maximum absolute atomic E-state index is 4.19. The Bertz CT molecular complexity index is 6.00. The first-order valence-corrected chi connectivity index (χ1v) is 1.27. The third kappa shape index (κ3) is 904. The van der Waals surface area contributed by atoms with Crippen molar-refractivity contribution < 1.29 is 0 Å². The molecule has 0 bridgehead atoms. The first-order chi connectivity index (χ1) is 2.00. The SMILES string of the molecule is C=C.NS. The lowest BCUT2D eigenvalue weighted by molar-refractivity contribution is 2.08. The largest absolute Gasteiger partial charge is 0.281 e. The predicted octanol–water partition coefficient (Wildman–Crippen LogP) is 0.592. The van der Waals surface area contributed by atoms with Crippen LogP contribution in [0.1, 0.15) is 0 Å². The average molecular weight is 77.2 g/mol. The van der Waals surface area contributed by atoms with Crippen molar-refractivity contribution in [2.75, 3.05) is 0 Å². The Morgan fingerprint density at radius 2 is 1.25 bits per heavy atom. The molecular weight excluding hydrogens is 70.1 g/mol. The molecule has 4 heavy (non-hydrogen) atoms. The van der Waals surface area contributed by atoms with Gasteiger partial charge in [0.15, 0.2) is 0 Å². The van der Waals surface area contributed by atoms with Gasteiger partial charge in [-0.25, -0.2) is 0 Å². The van der Waals surface area contributed by atoms with Crippen LogP contribution >= 0.6 is 12.8 Å². The lowest BCUT2D eigenvalue weighted by Crippen LogP contribution is -1.49. The standard InChI is InChI=1S/C2H4.H3NS/c2*1-2/h1-2H2;2H,1H2. The highest BCUT2D eigenvalue weighted by molar-refractivity contribution is 7.77. The van der Waals surface area contributed by atoms with Crippen LogP contribution in [0.25, 0.3) is 0 Å². The molecule has 0 fully saturated rings. The van der Waals surface area contributed by atoms with Crippen LogP contribution in [-0.2, 0) is 0 Å². The van der Waals surface area contributed by atoms with Crippen molar-refractivity contribution in [1.82, 2.24) is 0 Å². The molecule has 2 N–H and O–H groups in total. The molecule has 0 aliphatic rings. The van der Waals surface area contributed by atoms with Gasteiger partial charge in [0, 0.05) is 0 Å². The minimum Gasteiger partial charge on any atom is -0.281 e. The molecule has 0 atom stereocenters. The van der Waals surface area contributed by atoms with Gasteiger partial charge in [0.1, 0.15) is 0 Å². The van der Waals surface area contributed by atoms with E-state index in [1.165, 1.54) is 0 Å². The molecule has 0 rings (SSSR count). The van der Waals surface area contributed by atoms with Crippen LogP contribution in [0.15, 0.2) is 13.2 Å². The Labute approximate surface area is 32.1 Å². The van der Waals surface area contributed by atoms with E-state index < -0.39 is 0 Å². The zero-order valence-electron chi connectivity index (χ0n) is 2.44. The molecule has 0 radical (unpaired) electrons. The number of hydrogen-bond acceptors (Lipinski definition) is 2. The normalized spacial score (nSPS) is 2.50. The number of nitrogens with two attached hydrogens (primary N) is 1. The Kier molecular flexibility index (Phi) is 11500. The summed E-state index contributed by atoms with van der Waals surface area (Å²) < 4.78 is 0. The summed E-state index contributed by atoms with van der Waals surface area (Å²) >= 11 is 3.03. The molecule has 0 amide bonds. The maximum atomic E-state index is 4.19. The van der Waals surface area contributed by atoms with Crippen LogP contribution in [0.5, 0.6) is 0 Å². The maximum Gasteiger partial charge on any atom is -0.103 e. The lowest BCUT2D eigenvalue weighted by atomic mass is 11.3. The van der Waals surface area contributed by atoms with Crippen LogP contribution in [0.3, 0.4) is 0 Å². The molecule has 1 nitrogen and oxygen atoms in total. The number of rotatable bonds is 0. The quantitative estimate of drug-likeness (QED) is 0.321. The van der Waals surface area contributed by atoms with E-state index in [-0.39, 0.29) is 0 Å². The highest BCUT2D eigenvalue weighted by Crippen LogP contribution is 1.12. The summed E-state index contributed by atoms with van der Waals surface area (Å²) in [5.74, 6) is 0. The van der Waals surface area contributed by atoms with Crippen molar-refractivity contribution in [1.29, 1.82) is 0 Å². The van der Waals surface area contributed by atoms with Crippen LogP contribution < -0.4 is 5.14 Å². The first kappa shape index (κ1) is 8.96. The monoisotopic (exact) mass is 77.0 g/mol. The summed E-state index contributed by atoms with van der Waals surface area (Å²) in [6.07, 6.45) is 0. The van der Waals surface area contributed by atoms with Gasteiger partial charge in [-0.3, -0.25) is 5.14 Å². The van der Waals surface area contributed by atoms with Crippen molar-refractivity contribution in [2.24, 2.45) is 5.14 Å². The van der Waals surface area contributed by atoms with E-state index in [2.05, 4.69) is 31.1 Å². The Balaban J connectivity index is 0. The molecule has 0 aliphatic carbocycles. The van der Waals surface area contributed by atoms with E-state index >= 15 is 0 Å². The molecule has 0 aromatic heterocycles. The van der Waals surface area contributed by atoms with E-state index in [0.29, 0.717) is 0 Å². The average Bonchev–Trinajstić information content (AvgIpc) is 1.50. The summed E-state index contributed by atoms with van der Waals surface area (Å²) in [4.78, 5) is 0. The fourth-order valence-electron chi connectivity index (χ4n) is 0. The van der Waals surface area contributed by atoms with Gasteiger partial charge < -0.3 is 0 Å². The smallest absolute Gasteiger partial charge is 0.103 e. The van der Waals surface area contributed by atoms with Gasteiger partial charge in [0.05, 0.1) is 0 Å². The second-order valence-corrected chi connectivity index (χ2v) is 0. The van der Waals surface area contributed by atoms with Gasteiger partial charge in [-0.2, -0.15) is 0 Å². The summed E-state index contributed by atoms with van der Waals surface area (Å²) in [7, 11) is 0. The molecule has 0 heterocycles. The van der Waals surface area contributed by atoms with Crippen molar-refractivity contribution in [3.8, 4) is 0 Å². The molecule has 0 aliphatic heterocycles. The van der Waals surface area contributed by atoms with E-state index in [1.54, 1.807) is 0 Å². The van der Waals surface area contributed by atoms with Crippen molar-refractivity contribution in [3.05, 3.63) is 13.2 Å². The van der Waals surface area contributed by atoms with E-state index in [1.807, 2.05) is 0 Å². The Hall–Kier alpha value is 0.0500. The van der Waals surface area contributed by atoms with E-state index in [0.717, 1.165) is 0 Å². The summed E-state index contributed by atoms with van der Waals surface area (Å²) in [5, 5.41) is 4.19. The van der Waals surface area contributed by atoms with Gasteiger partial charge in [-0.1, -0.05) is 0 Å². The minimum atomic E-state index is 3.00. The highest BCUT2D eigenvalue weighted by Gasteiger charge is 0.812. The molecule has 26 valence electrons. The molecule has 0 aromatic rings. The molecule has 0 saturated heterocycles. The second kappa shape index (κ2) is 5130. The van der Waals surface area contributed by atoms with Crippen molar-refractivity contribution in [2.45, 2.75) is 0 Å². The third-order valence-electron chi connectivity index (χ3n) is 0. The summed E-state index contributed by atoms with van der Waals surface area (Å²) in [6.45, 7) is 6.00. The topological polar surface area (TPSA) is 26.0 Å². The van der Waals surface area contributed by atoms with Gasteiger partial charge in [-0.05, 0) is 0 Å². The highest BCUT2D eigenvalue weighted by atomic mass is 32.1. The molecule has 0 saturated carbocycles. The zero-order valence-corrected chi connectivity index (χ0v) is 3.33. The number of hydrogen-bond donors (Lipinski definition) is 2. The van der Waals surface area contributed by atoms with Gasteiger partial charge in [-0.15, -0.1) is 26.0 Å². The van der Waals surface area contributed by atoms with Crippen LogP contribution in [0, 0.1) is 0 Å². The Morgan fingerprint density at radius 1 is 1.25 bits per heavy atom. The summed E-state index contributed by atoms with van der Waals surface area (Å²) in [5.41, 5.74) is 0. The fraction of sp³-hybridized carbons (Fsp3) is 0.